The van der Waals surface area contributed by atoms with Gasteiger partial charge in [0.25, 0.3) is 5.91 Å². The van der Waals surface area contributed by atoms with E-state index in [1.54, 1.807) is 5.38 Å². The third-order valence-electron chi connectivity index (χ3n) is 7.74. The molecule has 1 saturated heterocycles. The topological polar surface area (TPSA) is 142 Å². The number of hydrogen-bond donors (Lipinski definition) is 4. The van der Waals surface area contributed by atoms with Gasteiger partial charge in [-0.1, -0.05) is 44.2 Å². The van der Waals surface area contributed by atoms with Gasteiger partial charge in [-0.3, -0.25) is 24.1 Å². The first-order chi connectivity index (χ1) is 20.8. The van der Waals surface area contributed by atoms with Crippen molar-refractivity contribution in [1.82, 2.24) is 31.2 Å². The SMILES string of the molecule is CC(C)[C@H]1NC(=O)[C@@H](NC(=O)CCCN2CCOCC2)CCCCNC(=O)[C@@H](Cc2ccccc2)NC(=O)c2csc1n2. The molecule has 3 atom stereocenters. The van der Waals surface area contributed by atoms with Gasteiger partial charge in [-0.05, 0) is 43.7 Å². The number of aromatic nitrogens is 1. The Hall–Kier alpha value is -3.35. The molecule has 4 rings (SSSR count). The molecule has 2 aromatic rings. The molecule has 12 heteroatoms. The number of carbonyl (C=O) groups is 4. The first-order valence-electron chi connectivity index (χ1n) is 15.3. The van der Waals surface area contributed by atoms with Crippen LogP contribution in [0.1, 0.15) is 73.1 Å². The Balaban J connectivity index is 1.46. The van der Waals surface area contributed by atoms with Gasteiger partial charge in [0.05, 0.1) is 19.3 Å². The van der Waals surface area contributed by atoms with Crippen molar-refractivity contribution in [2.24, 2.45) is 5.92 Å². The Morgan fingerprint density at radius 1 is 1.09 bits per heavy atom. The minimum Gasteiger partial charge on any atom is -0.379 e. The summed E-state index contributed by atoms with van der Waals surface area (Å²) >= 11 is 1.29. The predicted molar refractivity (Wildman–Crippen MR) is 165 cm³/mol. The summed E-state index contributed by atoms with van der Waals surface area (Å²) in [4.78, 5) is 59.6. The molecule has 1 aromatic carbocycles. The second-order valence-corrected chi connectivity index (χ2v) is 12.4. The standard InChI is InChI=1S/C31H44N6O5S/c1-21(2)27-31-35-25(20-43-31)30(41)34-24(19-22-9-4-3-5-10-22)28(39)32-13-7-6-11-23(29(40)36-27)33-26(38)12-8-14-37-15-17-42-18-16-37/h3-5,9-10,20-21,23-24,27H,6-8,11-19H2,1-2H3,(H,32,39)(H,33,38)(H,34,41)(H,36,40)/t23-,24+,27+/m0/s1. The molecule has 0 unspecified atom stereocenters. The molecule has 234 valence electrons. The van der Waals surface area contributed by atoms with Crippen LogP contribution in [-0.2, 0) is 25.5 Å². The van der Waals surface area contributed by atoms with Crippen LogP contribution in [0.5, 0.6) is 0 Å². The zero-order chi connectivity index (χ0) is 30.6. The van der Waals surface area contributed by atoms with Crippen molar-refractivity contribution >= 4 is 35.0 Å². The van der Waals surface area contributed by atoms with Crippen molar-refractivity contribution in [2.45, 2.75) is 70.5 Å². The number of ether oxygens (including phenoxy) is 1. The smallest absolute Gasteiger partial charge is 0.271 e. The Morgan fingerprint density at radius 2 is 1.86 bits per heavy atom. The summed E-state index contributed by atoms with van der Waals surface area (Å²) < 4.78 is 5.39. The lowest BCUT2D eigenvalue weighted by molar-refractivity contribution is -0.130. The molecule has 1 fully saturated rings. The van der Waals surface area contributed by atoms with Crippen molar-refractivity contribution in [1.29, 1.82) is 0 Å². The van der Waals surface area contributed by atoms with E-state index < -0.39 is 24.0 Å². The number of nitrogens with zero attached hydrogens (tertiary/aromatic N) is 2. The Morgan fingerprint density at radius 3 is 2.60 bits per heavy atom. The van der Waals surface area contributed by atoms with Gasteiger partial charge in [-0.2, -0.15) is 0 Å². The van der Waals surface area contributed by atoms with E-state index in [2.05, 4.69) is 31.2 Å². The van der Waals surface area contributed by atoms with Gasteiger partial charge in [-0.25, -0.2) is 4.98 Å². The van der Waals surface area contributed by atoms with Crippen LogP contribution < -0.4 is 21.3 Å². The quantitative estimate of drug-likeness (QED) is 0.358. The molecule has 43 heavy (non-hydrogen) atoms. The average molecular weight is 613 g/mol. The summed E-state index contributed by atoms with van der Waals surface area (Å²) in [5.41, 5.74) is 1.13. The minimum atomic E-state index is -0.766. The molecule has 0 aliphatic carbocycles. The van der Waals surface area contributed by atoms with E-state index >= 15 is 0 Å². The van der Waals surface area contributed by atoms with E-state index in [4.69, 9.17) is 4.74 Å². The lowest BCUT2D eigenvalue weighted by Crippen LogP contribution is -2.49. The number of rotatable bonds is 8. The number of hydrogen-bond acceptors (Lipinski definition) is 8. The van der Waals surface area contributed by atoms with E-state index in [0.29, 0.717) is 63.3 Å². The summed E-state index contributed by atoms with van der Waals surface area (Å²) in [5.74, 6) is -1.16. The van der Waals surface area contributed by atoms with Crippen LogP contribution in [0.4, 0.5) is 0 Å². The highest BCUT2D eigenvalue weighted by molar-refractivity contribution is 7.09. The van der Waals surface area contributed by atoms with Gasteiger partial charge in [0, 0.05) is 37.9 Å². The van der Waals surface area contributed by atoms with Crippen LogP contribution >= 0.6 is 11.3 Å². The van der Waals surface area contributed by atoms with Gasteiger partial charge in [0.2, 0.25) is 17.7 Å². The highest BCUT2D eigenvalue weighted by Crippen LogP contribution is 2.26. The fourth-order valence-corrected chi connectivity index (χ4v) is 6.25. The first-order valence-corrected chi connectivity index (χ1v) is 16.2. The summed E-state index contributed by atoms with van der Waals surface area (Å²) in [6.07, 6.45) is 3.06. The van der Waals surface area contributed by atoms with Crippen LogP contribution in [0, 0.1) is 5.92 Å². The predicted octanol–water partition coefficient (Wildman–Crippen LogP) is 2.19. The highest BCUT2D eigenvalue weighted by Gasteiger charge is 2.29. The highest BCUT2D eigenvalue weighted by atomic mass is 32.1. The minimum absolute atomic E-state index is 0.00799. The van der Waals surface area contributed by atoms with E-state index in [1.807, 2.05) is 44.2 Å². The first kappa shape index (κ1) is 32.6. The van der Waals surface area contributed by atoms with Crippen LogP contribution in [0.2, 0.25) is 0 Å². The Bertz CT molecular complexity index is 1220. The van der Waals surface area contributed by atoms with Crippen LogP contribution in [0.3, 0.4) is 0 Å². The van der Waals surface area contributed by atoms with Crippen molar-refractivity contribution in [2.75, 3.05) is 39.4 Å². The molecule has 0 saturated carbocycles. The normalized spacial score (nSPS) is 22.9. The molecule has 0 spiro atoms. The largest absolute Gasteiger partial charge is 0.379 e. The number of nitrogens with one attached hydrogen (secondary N) is 4. The second kappa shape index (κ2) is 16.5. The molecule has 2 aliphatic heterocycles. The van der Waals surface area contributed by atoms with Crippen LogP contribution in [-0.4, -0.2) is 85.0 Å². The van der Waals surface area contributed by atoms with Gasteiger partial charge < -0.3 is 26.0 Å². The van der Waals surface area contributed by atoms with E-state index in [-0.39, 0.29) is 29.3 Å². The van der Waals surface area contributed by atoms with Crippen molar-refractivity contribution in [3.8, 4) is 0 Å². The molecule has 3 heterocycles. The van der Waals surface area contributed by atoms with E-state index in [9.17, 15) is 19.2 Å². The molecule has 11 nitrogen and oxygen atoms in total. The van der Waals surface area contributed by atoms with Crippen molar-refractivity contribution < 1.29 is 23.9 Å². The van der Waals surface area contributed by atoms with E-state index in [0.717, 1.165) is 25.2 Å². The fraction of sp³-hybridized carbons (Fsp3) is 0.581. The Kier molecular flexibility index (Phi) is 12.5. The fourth-order valence-electron chi connectivity index (χ4n) is 5.22. The van der Waals surface area contributed by atoms with Crippen LogP contribution in [0.25, 0.3) is 0 Å². The summed E-state index contributed by atoms with van der Waals surface area (Å²) in [5, 5.41) is 14.1. The Labute approximate surface area is 257 Å². The van der Waals surface area contributed by atoms with Gasteiger partial charge in [0.1, 0.15) is 22.8 Å². The number of amides is 4. The molecular formula is C31H44N6O5S. The number of carbonyl (C=O) groups excluding carboxylic acids is 4. The molecule has 4 amide bonds. The monoisotopic (exact) mass is 612 g/mol. The molecular weight excluding hydrogens is 568 g/mol. The van der Waals surface area contributed by atoms with Crippen LogP contribution in [0.15, 0.2) is 35.7 Å². The third-order valence-corrected chi connectivity index (χ3v) is 8.67. The maximum absolute atomic E-state index is 13.5. The average Bonchev–Trinajstić information content (AvgIpc) is 3.49. The lowest BCUT2D eigenvalue weighted by Gasteiger charge is -2.27. The summed E-state index contributed by atoms with van der Waals surface area (Å²) in [6.45, 7) is 8.31. The summed E-state index contributed by atoms with van der Waals surface area (Å²) in [7, 11) is 0. The lowest BCUT2D eigenvalue weighted by atomic mass is 10.0. The maximum Gasteiger partial charge on any atom is 0.271 e. The number of morpholine rings is 1. The zero-order valence-corrected chi connectivity index (χ0v) is 25.9. The van der Waals surface area contributed by atoms with Gasteiger partial charge >= 0.3 is 0 Å². The third kappa shape index (κ3) is 10.1. The molecule has 0 radical (unpaired) electrons. The summed E-state index contributed by atoms with van der Waals surface area (Å²) in [6, 6.07) is 7.64. The number of benzene rings is 1. The molecule has 4 N–H and O–H groups in total. The van der Waals surface area contributed by atoms with Crippen molar-refractivity contribution in [3.63, 3.8) is 0 Å². The maximum atomic E-state index is 13.5. The zero-order valence-electron chi connectivity index (χ0n) is 25.1. The van der Waals surface area contributed by atoms with Gasteiger partial charge in [-0.15, -0.1) is 11.3 Å². The van der Waals surface area contributed by atoms with Crippen molar-refractivity contribution in [3.05, 3.63) is 52.0 Å². The van der Waals surface area contributed by atoms with E-state index in [1.165, 1.54) is 11.3 Å². The number of fused-ring (bicyclic) bond motifs is 2. The molecule has 2 bridgehead atoms. The molecule has 2 aliphatic rings. The van der Waals surface area contributed by atoms with Gasteiger partial charge in [0.15, 0.2) is 0 Å². The number of thiazole rings is 1. The second-order valence-electron chi connectivity index (χ2n) is 11.5. The molecule has 1 aromatic heterocycles.